The number of nitrogens with one attached hydrogen (secondary N) is 1. The van der Waals surface area contributed by atoms with E-state index in [1.54, 1.807) is 0 Å². The van der Waals surface area contributed by atoms with Crippen LogP contribution < -0.4 is 4.72 Å². The normalized spacial score (nSPS) is 18.6. The molecule has 0 saturated heterocycles. The monoisotopic (exact) mass is 255 g/mol. The molecule has 1 aliphatic rings. The van der Waals surface area contributed by atoms with Crippen molar-refractivity contribution in [1.29, 1.82) is 0 Å². The number of hydrogen-bond acceptors (Lipinski definition) is 3. The van der Waals surface area contributed by atoms with Crippen molar-refractivity contribution in [2.75, 3.05) is 6.54 Å². The van der Waals surface area contributed by atoms with Gasteiger partial charge in [-0.3, -0.25) is 0 Å². The topological polar surface area (TPSA) is 66.4 Å². The molecule has 0 unspecified atom stereocenters. The molecule has 0 atom stereocenters. The van der Waals surface area contributed by atoms with Crippen molar-refractivity contribution in [2.45, 2.75) is 31.1 Å². The van der Waals surface area contributed by atoms with Crippen LogP contribution in [0.15, 0.2) is 29.2 Å². The molecule has 2 rings (SSSR count). The van der Waals surface area contributed by atoms with Crippen molar-refractivity contribution in [2.24, 2.45) is 5.41 Å². The number of sulfonamides is 1. The Kier molecular flexibility index (Phi) is 3.14. The van der Waals surface area contributed by atoms with Crippen molar-refractivity contribution in [3.05, 3.63) is 24.3 Å². The number of benzene rings is 1. The molecule has 0 heterocycles. The summed E-state index contributed by atoms with van der Waals surface area (Å²) in [5, 5.41) is 9.11. The number of phenols is 1. The molecule has 0 aliphatic heterocycles. The van der Waals surface area contributed by atoms with E-state index in [2.05, 4.69) is 11.6 Å². The molecule has 1 saturated carbocycles. The van der Waals surface area contributed by atoms with Crippen LogP contribution in [0.25, 0.3) is 0 Å². The second-order valence-corrected chi connectivity index (χ2v) is 6.75. The summed E-state index contributed by atoms with van der Waals surface area (Å²) in [6.07, 6.45) is 3.33. The minimum Gasteiger partial charge on any atom is -0.508 e. The number of hydrogen-bond donors (Lipinski definition) is 2. The zero-order valence-corrected chi connectivity index (χ0v) is 10.6. The van der Waals surface area contributed by atoms with Gasteiger partial charge < -0.3 is 5.11 Å². The largest absolute Gasteiger partial charge is 0.508 e. The minimum atomic E-state index is -3.45. The van der Waals surface area contributed by atoms with Crippen molar-refractivity contribution in [3.63, 3.8) is 0 Å². The van der Waals surface area contributed by atoms with Gasteiger partial charge in [-0.2, -0.15) is 0 Å². The molecule has 0 bridgehead atoms. The summed E-state index contributed by atoms with van der Waals surface area (Å²) in [5.74, 6) is 0.0647. The van der Waals surface area contributed by atoms with Crippen LogP contribution in [0.4, 0.5) is 0 Å². The van der Waals surface area contributed by atoms with Crippen molar-refractivity contribution in [3.8, 4) is 5.75 Å². The third-order valence-corrected chi connectivity index (χ3v) is 4.81. The summed E-state index contributed by atoms with van der Waals surface area (Å²) in [7, 11) is -3.45. The third kappa shape index (κ3) is 2.79. The molecule has 0 aromatic heterocycles. The Bertz CT molecular complexity index is 489. The van der Waals surface area contributed by atoms with Gasteiger partial charge in [-0.1, -0.05) is 13.3 Å². The summed E-state index contributed by atoms with van der Waals surface area (Å²) >= 11 is 0. The fourth-order valence-electron chi connectivity index (χ4n) is 1.93. The molecule has 1 aromatic carbocycles. The summed E-state index contributed by atoms with van der Waals surface area (Å²) in [4.78, 5) is 0.193. The fourth-order valence-corrected chi connectivity index (χ4v) is 3.13. The first-order valence-corrected chi connectivity index (χ1v) is 7.18. The molecule has 1 aliphatic carbocycles. The van der Waals surface area contributed by atoms with Gasteiger partial charge >= 0.3 is 0 Å². The molecule has 17 heavy (non-hydrogen) atoms. The second kappa shape index (κ2) is 4.31. The lowest BCUT2D eigenvalue weighted by Crippen LogP contribution is -2.39. The van der Waals surface area contributed by atoms with Crippen LogP contribution in [0, 0.1) is 5.41 Å². The third-order valence-electron chi connectivity index (χ3n) is 3.40. The van der Waals surface area contributed by atoms with Crippen molar-refractivity contribution >= 4 is 10.0 Å². The van der Waals surface area contributed by atoms with E-state index < -0.39 is 10.0 Å². The lowest BCUT2D eigenvalue weighted by atomic mass is 9.71. The molecular weight excluding hydrogens is 238 g/mol. The van der Waals surface area contributed by atoms with Crippen LogP contribution in [0.5, 0.6) is 5.75 Å². The van der Waals surface area contributed by atoms with Crippen LogP contribution >= 0.6 is 0 Å². The second-order valence-electron chi connectivity index (χ2n) is 4.98. The Labute approximate surface area is 102 Å². The number of phenolic OH excluding ortho intramolecular Hbond substituents is 1. The van der Waals surface area contributed by atoms with Crippen molar-refractivity contribution < 1.29 is 13.5 Å². The molecule has 0 amide bonds. The van der Waals surface area contributed by atoms with Gasteiger partial charge in [0.05, 0.1) is 4.90 Å². The van der Waals surface area contributed by atoms with Gasteiger partial charge in [-0.25, -0.2) is 13.1 Å². The Balaban J connectivity index is 2.06. The van der Waals surface area contributed by atoms with Crippen molar-refractivity contribution in [1.82, 2.24) is 4.72 Å². The van der Waals surface area contributed by atoms with Gasteiger partial charge in [0.1, 0.15) is 5.75 Å². The maximum Gasteiger partial charge on any atom is 0.240 e. The van der Waals surface area contributed by atoms with E-state index in [1.807, 2.05) is 0 Å². The van der Waals surface area contributed by atoms with Gasteiger partial charge in [0.25, 0.3) is 0 Å². The number of rotatable bonds is 4. The van der Waals surface area contributed by atoms with E-state index >= 15 is 0 Å². The van der Waals surface area contributed by atoms with Gasteiger partial charge in [0.2, 0.25) is 10.0 Å². The SMILES string of the molecule is CC1(CNS(=O)(=O)c2ccc(O)cc2)CCC1. The highest BCUT2D eigenvalue weighted by atomic mass is 32.2. The Hall–Kier alpha value is -1.07. The first-order chi connectivity index (χ1) is 7.91. The Morgan fingerprint density at radius 3 is 2.35 bits per heavy atom. The predicted molar refractivity (Wildman–Crippen MR) is 65.3 cm³/mol. The van der Waals surface area contributed by atoms with Gasteiger partial charge in [0.15, 0.2) is 0 Å². The molecule has 0 spiro atoms. The lowest BCUT2D eigenvalue weighted by Gasteiger charge is -2.38. The van der Waals surface area contributed by atoms with Crippen LogP contribution in [-0.2, 0) is 10.0 Å². The summed E-state index contributed by atoms with van der Waals surface area (Å²) in [6, 6.07) is 5.56. The van der Waals surface area contributed by atoms with E-state index in [4.69, 9.17) is 5.11 Å². The smallest absolute Gasteiger partial charge is 0.240 e. The Morgan fingerprint density at radius 2 is 1.88 bits per heavy atom. The Morgan fingerprint density at radius 1 is 1.29 bits per heavy atom. The first-order valence-electron chi connectivity index (χ1n) is 5.70. The molecule has 1 fully saturated rings. The van der Waals surface area contributed by atoms with E-state index in [1.165, 1.54) is 30.7 Å². The average Bonchev–Trinajstić information content (AvgIpc) is 2.24. The predicted octanol–water partition coefficient (Wildman–Crippen LogP) is 1.86. The summed E-state index contributed by atoms with van der Waals surface area (Å²) in [5.41, 5.74) is 0.115. The van der Waals surface area contributed by atoms with E-state index in [-0.39, 0.29) is 16.1 Å². The van der Waals surface area contributed by atoms with Crippen LogP contribution in [-0.4, -0.2) is 20.1 Å². The molecule has 94 valence electrons. The zero-order valence-electron chi connectivity index (χ0n) is 9.81. The van der Waals surface area contributed by atoms with E-state index in [9.17, 15) is 8.42 Å². The average molecular weight is 255 g/mol. The highest BCUT2D eigenvalue weighted by Gasteiger charge is 2.32. The minimum absolute atomic E-state index is 0.0647. The zero-order chi connectivity index (χ0) is 12.5. The molecule has 2 N–H and O–H groups in total. The maximum atomic E-state index is 11.9. The highest BCUT2D eigenvalue weighted by molar-refractivity contribution is 7.89. The molecule has 0 radical (unpaired) electrons. The van der Waals surface area contributed by atoms with Crippen LogP contribution in [0.1, 0.15) is 26.2 Å². The standard InChI is InChI=1S/C12H17NO3S/c1-12(7-2-8-12)9-13-17(15,16)11-5-3-10(14)4-6-11/h3-6,13-14H,2,7-9H2,1H3. The summed E-state index contributed by atoms with van der Waals surface area (Å²) in [6.45, 7) is 2.58. The van der Waals surface area contributed by atoms with E-state index in [0.717, 1.165) is 12.8 Å². The quantitative estimate of drug-likeness (QED) is 0.863. The lowest BCUT2D eigenvalue weighted by molar-refractivity contribution is 0.166. The molecule has 4 nitrogen and oxygen atoms in total. The maximum absolute atomic E-state index is 11.9. The van der Waals surface area contributed by atoms with Gasteiger partial charge in [0, 0.05) is 6.54 Å². The van der Waals surface area contributed by atoms with Crippen LogP contribution in [0.3, 0.4) is 0 Å². The first kappa shape index (κ1) is 12.4. The molecule has 5 heteroatoms. The highest BCUT2D eigenvalue weighted by Crippen LogP contribution is 2.39. The number of aromatic hydroxyl groups is 1. The summed E-state index contributed by atoms with van der Waals surface area (Å²) < 4.78 is 26.5. The molecule has 1 aromatic rings. The van der Waals surface area contributed by atoms with Crippen LogP contribution in [0.2, 0.25) is 0 Å². The van der Waals surface area contributed by atoms with Gasteiger partial charge in [-0.05, 0) is 42.5 Å². The van der Waals surface area contributed by atoms with E-state index in [0.29, 0.717) is 6.54 Å². The molecular formula is C12H17NO3S. The fraction of sp³-hybridized carbons (Fsp3) is 0.500. The van der Waals surface area contributed by atoms with Gasteiger partial charge in [-0.15, -0.1) is 0 Å².